The molecule has 3 rings (SSSR count). The molecular weight excluding hydrogens is 306 g/mol. The van der Waals surface area contributed by atoms with E-state index in [1.54, 1.807) is 10.6 Å². The second-order valence-corrected chi connectivity index (χ2v) is 5.26. The van der Waals surface area contributed by atoms with Crippen molar-refractivity contribution in [2.75, 3.05) is 6.61 Å². The number of carbonyl (C=O) groups excluding carboxylic acids is 1. The molecule has 0 aliphatic carbocycles. The van der Waals surface area contributed by atoms with Gasteiger partial charge in [-0.3, -0.25) is 19.3 Å². The first kappa shape index (κ1) is 14.2. The van der Waals surface area contributed by atoms with Crippen LogP contribution in [0.4, 0.5) is 5.69 Å². The standard InChI is InChI=1S/C14H11N3O4S/c1-2-21-12-4-3-9(17(19)20)7-10(12)13-11(8-18)16-5-6-22-14(16)15-13/h3-8H,2H2,1H3. The lowest BCUT2D eigenvalue weighted by atomic mass is 10.1. The topological polar surface area (TPSA) is 86.7 Å². The lowest BCUT2D eigenvalue weighted by Crippen LogP contribution is -1.98. The SMILES string of the molecule is CCOc1ccc([N+](=O)[O-])cc1-c1nc2sccn2c1C=O. The Labute approximate surface area is 128 Å². The molecule has 2 aromatic heterocycles. The molecule has 22 heavy (non-hydrogen) atoms. The number of aromatic nitrogens is 2. The largest absolute Gasteiger partial charge is 0.493 e. The molecule has 0 aliphatic heterocycles. The fourth-order valence-electron chi connectivity index (χ4n) is 2.21. The van der Waals surface area contributed by atoms with Crippen LogP contribution in [0.5, 0.6) is 5.75 Å². The highest BCUT2D eigenvalue weighted by Gasteiger charge is 2.20. The van der Waals surface area contributed by atoms with Gasteiger partial charge in [-0.2, -0.15) is 0 Å². The summed E-state index contributed by atoms with van der Waals surface area (Å²) in [5.74, 6) is 0.460. The average molecular weight is 317 g/mol. The maximum Gasteiger partial charge on any atom is 0.270 e. The highest BCUT2D eigenvalue weighted by Crippen LogP contribution is 2.35. The number of rotatable bonds is 5. The van der Waals surface area contributed by atoms with Crippen LogP contribution in [0.3, 0.4) is 0 Å². The first-order valence-corrected chi connectivity index (χ1v) is 7.36. The Morgan fingerprint density at radius 1 is 1.50 bits per heavy atom. The first-order chi connectivity index (χ1) is 10.7. The van der Waals surface area contributed by atoms with Crippen LogP contribution >= 0.6 is 11.3 Å². The van der Waals surface area contributed by atoms with E-state index in [0.29, 0.717) is 40.6 Å². The number of fused-ring (bicyclic) bond motifs is 1. The number of ether oxygens (including phenoxy) is 1. The van der Waals surface area contributed by atoms with Crippen molar-refractivity contribution in [3.63, 3.8) is 0 Å². The van der Waals surface area contributed by atoms with Gasteiger partial charge in [-0.1, -0.05) is 0 Å². The Hall–Kier alpha value is -2.74. The van der Waals surface area contributed by atoms with E-state index in [-0.39, 0.29) is 5.69 Å². The van der Waals surface area contributed by atoms with Gasteiger partial charge in [0.1, 0.15) is 17.1 Å². The summed E-state index contributed by atoms with van der Waals surface area (Å²) < 4.78 is 7.17. The number of nitrogens with zero attached hydrogens (tertiary/aromatic N) is 3. The summed E-state index contributed by atoms with van der Waals surface area (Å²) in [6, 6.07) is 4.27. The number of thiazole rings is 1. The Balaban J connectivity index is 2.27. The predicted molar refractivity (Wildman–Crippen MR) is 81.7 cm³/mol. The van der Waals surface area contributed by atoms with Crippen LogP contribution in [0.1, 0.15) is 17.4 Å². The van der Waals surface area contributed by atoms with Gasteiger partial charge in [-0.15, -0.1) is 11.3 Å². The molecule has 0 radical (unpaired) electrons. The Morgan fingerprint density at radius 3 is 3.00 bits per heavy atom. The third kappa shape index (κ3) is 2.23. The summed E-state index contributed by atoms with van der Waals surface area (Å²) in [6.07, 6.45) is 2.43. The van der Waals surface area contributed by atoms with Gasteiger partial charge >= 0.3 is 0 Å². The number of carbonyl (C=O) groups is 1. The molecule has 0 aliphatic rings. The maximum atomic E-state index is 11.4. The summed E-state index contributed by atoms with van der Waals surface area (Å²) in [5.41, 5.74) is 1.09. The van der Waals surface area contributed by atoms with E-state index in [2.05, 4.69) is 4.98 Å². The molecule has 0 spiro atoms. The van der Waals surface area contributed by atoms with Crippen molar-refractivity contribution in [3.8, 4) is 17.0 Å². The number of benzene rings is 1. The lowest BCUT2D eigenvalue weighted by Gasteiger charge is -2.08. The molecular formula is C14H11N3O4S. The number of hydrogen-bond donors (Lipinski definition) is 0. The van der Waals surface area contributed by atoms with Crippen LogP contribution in [0.25, 0.3) is 16.2 Å². The zero-order valence-corrected chi connectivity index (χ0v) is 12.4. The molecule has 0 N–H and O–H groups in total. The van der Waals surface area contributed by atoms with Gasteiger partial charge in [0.2, 0.25) is 0 Å². The molecule has 0 saturated heterocycles. The molecule has 0 saturated carbocycles. The van der Waals surface area contributed by atoms with Gasteiger partial charge in [0.15, 0.2) is 11.2 Å². The van der Waals surface area contributed by atoms with Crippen molar-refractivity contribution in [2.45, 2.75) is 6.92 Å². The number of non-ortho nitro benzene ring substituents is 1. The van der Waals surface area contributed by atoms with Gasteiger partial charge < -0.3 is 4.74 Å². The molecule has 0 fully saturated rings. The Bertz CT molecular complexity index is 868. The molecule has 8 heteroatoms. The second kappa shape index (κ2) is 5.57. The average Bonchev–Trinajstić information content (AvgIpc) is 3.07. The number of nitro groups is 1. The Kier molecular flexibility index (Phi) is 3.60. The van der Waals surface area contributed by atoms with E-state index >= 15 is 0 Å². The minimum absolute atomic E-state index is 0.0772. The van der Waals surface area contributed by atoms with Crippen LogP contribution in [0.15, 0.2) is 29.8 Å². The molecule has 0 bridgehead atoms. The van der Waals surface area contributed by atoms with E-state index in [1.807, 2.05) is 12.3 Å². The maximum absolute atomic E-state index is 11.4. The zero-order valence-electron chi connectivity index (χ0n) is 11.6. The number of imidazole rings is 1. The lowest BCUT2D eigenvalue weighted by molar-refractivity contribution is -0.384. The van der Waals surface area contributed by atoms with Crippen LogP contribution in [0.2, 0.25) is 0 Å². The molecule has 7 nitrogen and oxygen atoms in total. The highest BCUT2D eigenvalue weighted by atomic mass is 32.1. The smallest absolute Gasteiger partial charge is 0.270 e. The van der Waals surface area contributed by atoms with Crippen molar-refractivity contribution in [1.82, 2.24) is 9.38 Å². The van der Waals surface area contributed by atoms with E-state index in [9.17, 15) is 14.9 Å². The van der Waals surface area contributed by atoms with Crippen molar-refractivity contribution >= 4 is 28.3 Å². The van der Waals surface area contributed by atoms with Gasteiger partial charge in [0.05, 0.1) is 17.1 Å². The van der Waals surface area contributed by atoms with Crippen molar-refractivity contribution in [1.29, 1.82) is 0 Å². The molecule has 0 atom stereocenters. The van der Waals surface area contributed by atoms with Crippen molar-refractivity contribution < 1.29 is 14.5 Å². The highest BCUT2D eigenvalue weighted by molar-refractivity contribution is 7.15. The van der Waals surface area contributed by atoms with E-state index in [0.717, 1.165) is 0 Å². The molecule has 1 aromatic carbocycles. The second-order valence-electron chi connectivity index (χ2n) is 4.39. The van der Waals surface area contributed by atoms with Crippen LogP contribution in [-0.4, -0.2) is 27.2 Å². The summed E-state index contributed by atoms with van der Waals surface area (Å²) in [6.45, 7) is 2.22. The summed E-state index contributed by atoms with van der Waals surface area (Å²) in [4.78, 5) is 27.0. The molecule has 0 unspecified atom stereocenters. The van der Waals surface area contributed by atoms with Gasteiger partial charge in [0.25, 0.3) is 5.69 Å². The fourth-order valence-corrected chi connectivity index (χ4v) is 2.93. The summed E-state index contributed by atoms with van der Waals surface area (Å²) >= 11 is 1.38. The quantitative estimate of drug-likeness (QED) is 0.410. The van der Waals surface area contributed by atoms with Gasteiger partial charge in [-0.25, -0.2) is 4.98 Å². The molecule has 112 valence electrons. The number of nitro benzene ring substituents is 1. The normalized spacial score (nSPS) is 10.8. The summed E-state index contributed by atoms with van der Waals surface area (Å²) in [5, 5.41) is 12.8. The van der Waals surface area contributed by atoms with Crippen LogP contribution < -0.4 is 4.74 Å². The van der Waals surface area contributed by atoms with E-state index in [4.69, 9.17) is 4.74 Å². The van der Waals surface area contributed by atoms with Crippen molar-refractivity contribution in [2.24, 2.45) is 0 Å². The fraction of sp³-hybridized carbons (Fsp3) is 0.143. The summed E-state index contributed by atoms with van der Waals surface area (Å²) in [7, 11) is 0. The van der Waals surface area contributed by atoms with Crippen LogP contribution in [-0.2, 0) is 0 Å². The third-order valence-corrected chi connectivity index (χ3v) is 3.90. The predicted octanol–water partition coefficient (Wildman–Crippen LogP) is 3.18. The first-order valence-electron chi connectivity index (χ1n) is 6.48. The molecule has 3 aromatic rings. The molecule has 0 amide bonds. The van der Waals surface area contributed by atoms with Crippen LogP contribution in [0, 0.1) is 10.1 Å². The monoisotopic (exact) mass is 317 g/mol. The van der Waals surface area contributed by atoms with E-state index in [1.165, 1.54) is 29.5 Å². The number of aldehydes is 1. The minimum Gasteiger partial charge on any atom is -0.493 e. The Morgan fingerprint density at radius 2 is 2.32 bits per heavy atom. The zero-order chi connectivity index (χ0) is 15.7. The van der Waals surface area contributed by atoms with Gasteiger partial charge in [-0.05, 0) is 13.0 Å². The number of hydrogen-bond acceptors (Lipinski definition) is 6. The molecule has 2 heterocycles. The third-order valence-electron chi connectivity index (χ3n) is 3.14. The van der Waals surface area contributed by atoms with Gasteiger partial charge in [0, 0.05) is 23.7 Å². The minimum atomic E-state index is -0.488. The van der Waals surface area contributed by atoms with E-state index < -0.39 is 4.92 Å². The van der Waals surface area contributed by atoms with Crippen molar-refractivity contribution in [3.05, 3.63) is 45.6 Å².